The number of hydrogen-bond acceptors (Lipinski definition) is 8. The predicted octanol–water partition coefficient (Wildman–Crippen LogP) is 1.21. The molecule has 0 saturated heterocycles. The number of phenolic OH excluding ortho intramolecular Hbond substituents is 3. The second-order valence-electron chi connectivity index (χ2n) is 7.37. The zero-order valence-electron chi connectivity index (χ0n) is 15.0. The third-order valence-electron chi connectivity index (χ3n) is 5.34. The van der Waals surface area contributed by atoms with Crippen LogP contribution in [-0.2, 0) is 6.42 Å². The smallest absolute Gasteiger partial charge is 0.181 e. The Morgan fingerprint density at radius 2 is 1.93 bits per heavy atom. The van der Waals surface area contributed by atoms with Gasteiger partial charge in [-0.15, -0.1) is 0 Å². The molecule has 28 heavy (non-hydrogen) atoms. The van der Waals surface area contributed by atoms with Gasteiger partial charge in [0.25, 0.3) is 0 Å². The van der Waals surface area contributed by atoms with E-state index in [-0.39, 0.29) is 52.9 Å². The van der Waals surface area contributed by atoms with Gasteiger partial charge in [0.05, 0.1) is 12.5 Å². The number of aromatic hydroxyl groups is 3. The van der Waals surface area contributed by atoms with E-state index in [9.17, 15) is 30.3 Å². The van der Waals surface area contributed by atoms with Gasteiger partial charge in [-0.05, 0) is 13.0 Å². The van der Waals surface area contributed by atoms with Gasteiger partial charge in [0.2, 0.25) is 0 Å². The first-order valence-electron chi connectivity index (χ1n) is 8.80. The molecule has 4 rings (SSSR count). The number of aliphatic hydroxyl groups excluding tert-OH is 1. The van der Waals surface area contributed by atoms with Gasteiger partial charge >= 0.3 is 0 Å². The highest BCUT2D eigenvalue weighted by Gasteiger charge is 2.43. The van der Waals surface area contributed by atoms with Crippen LogP contribution in [0.15, 0.2) is 24.3 Å². The van der Waals surface area contributed by atoms with Crippen LogP contribution in [0.2, 0.25) is 0 Å². The summed E-state index contributed by atoms with van der Waals surface area (Å²) in [4.78, 5) is 13.1. The summed E-state index contributed by atoms with van der Waals surface area (Å²) in [5, 5.41) is 49.6. The van der Waals surface area contributed by atoms with Crippen molar-refractivity contribution in [2.45, 2.75) is 31.0 Å². The first-order valence-corrected chi connectivity index (χ1v) is 8.80. The first-order chi connectivity index (χ1) is 13.2. The second-order valence-corrected chi connectivity index (χ2v) is 7.37. The van der Waals surface area contributed by atoms with E-state index in [1.807, 2.05) is 0 Å². The van der Waals surface area contributed by atoms with Crippen molar-refractivity contribution in [3.8, 4) is 28.7 Å². The van der Waals surface area contributed by atoms with Crippen LogP contribution < -0.4 is 9.47 Å². The van der Waals surface area contributed by atoms with E-state index < -0.39 is 30.0 Å². The Balaban J connectivity index is 1.73. The minimum absolute atomic E-state index is 0.0182. The molecule has 0 fully saturated rings. The molecule has 2 aromatic carbocycles. The third-order valence-corrected chi connectivity index (χ3v) is 5.34. The minimum atomic E-state index is -1.50. The molecule has 0 bridgehead atoms. The van der Waals surface area contributed by atoms with Gasteiger partial charge in [-0.3, -0.25) is 4.79 Å². The summed E-state index contributed by atoms with van der Waals surface area (Å²) in [6, 6.07) is 5.22. The molecule has 0 amide bonds. The number of hydrogen-bond donors (Lipinski definition) is 5. The van der Waals surface area contributed by atoms with Crippen LogP contribution in [0.5, 0.6) is 28.7 Å². The van der Waals surface area contributed by atoms with E-state index in [1.165, 1.54) is 25.1 Å². The Labute approximate surface area is 160 Å². The largest absolute Gasteiger partial charge is 0.508 e. The fourth-order valence-corrected chi connectivity index (χ4v) is 3.66. The summed E-state index contributed by atoms with van der Waals surface area (Å²) in [5.41, 5.74) is -0.699. The highest BCUT2D eigenvalue weighted by Crippen LogP contribution is 2.49. The van der Waals surface area contributed by atoms with E-state index >= 15 is 0 Å². The lowest BCUT2D eigenvalue weighted by Gasteiger charge is -2.27. The number of rotatable bonds is 3. The Kier molecular flexibility index (Phi) is 4.13. The molecule has 0 aliphatic carbocycles. The monoisotopic (exact) mass is 388 g/mol. The molecular weight excluding hydrogens is 368 g/mol. The van der Waals surface area contributed by atoms with Crippen molar-refractivity contribution in [3.05, 3.63) is 41.0 Å². The van der Waals surface area contributed by atoms with Crippen molar-refractivity contribution in [3.63, 3.8) is 0 Å². The summed E-state index contributed by atoms with van der Waals surface area (Å²) in [6.45, 7) is 0.856. The van der Waals surface area contributed by atoms with Crippen LogP contribution in [0, 0.1) is 0 Å². The molecule has 0 aromatic heterocycles. The maximum Gasteiger partial charge on any atom is 0.181 e. The van der Waals surface area contributed by atoms with E-state index in [2.05, 4.69) is 0 Å². The van der Waals surface area contributed by atoms with Crippen molar-refractivity contribution in [1.82, 2.24) is 0 Å². The van der Waals surface area contributed by atoms with Gasteiger partial charge in [0.1, 0.15) is 52.6 Å². The second kappa shape index (κ2) is 6.29. The van der Waals surface area contributed by atoms with E-state index in [4.69, 9.17) is 9.47 Å². The molecule has 5 N–H and O–H groups in total. The van der Waals surface area contributed by atoms with E-state index in [1.54, 1.807) is 0 Å². The molecular formula is C20H20O8. The van der Waals surface area contributed by atoms with Crippen LogP contribution in [0.1, 0.15) is 34.3 Å². The predicted molar refractivity (Wildman–Crippen MR) is 96.3 cm³/mol. The van der Waals surface area contributed by atoms with Crippen LogP contribution >= 0.6 is 0 Å². The molecule has 2 aliphatic rings. The fourth-order valence-electron chi connectivity index (χ4n) is 3.66. The van der Waals surface area contributed by atoms with Crippen LogP contribution in [0.4, 0.5) is 0 Å². The number of phenols is 3. The highest BCUT2D eigenvalue weighted by atomic mass is 16.5. The average molecular weight is 388 g/mol. The maximum atomic E-state index is 13.1. The lowest BCUT2D eigenvalue weighted by atomic mass is 9.86. The molecule has 2 heterocycles. The van der Waals surface area contributed by atoms with Crippen molar-refractivity contribution >= 4 is 5.78 Å². The molecule has 0 saturated carbocycles. The van der Waals surface area contributed by atoms with Gasteiger partial charge in [-0.2, -0.15) is 0 Å². The van der Waals surface area contributed by atoms with Gasteiger partial charge in [0.15, 0.2) is 5.78 Å². The number of ketones is 1. The summed E-state index contributed by atoms with van der Waals surface area (Å²) >= 11 is 0. The SMILES string of the molecule is C[C@@](O)(CO)[C@@H]1Cc2c(cc(O)c3c2OC[C@H](c2ccc(O)cc2O)C3=O)O1. The van der Waals surface area contributed by atoms with Crippen LogP contribution in [0.3, 0.4) is 0 Å². The summed E-state index contributed by atoms with van der Waals surface area (Å²) in [5.74, 6) is -1.51. The van der Waals surface area contributed by atoms with Crippen molar-refractivity contribution < 1.29 is 39.8 Å². The Morgan fingerprint density at radius 1 is 1.18 bits per heavy atom. The molecule has 0 unspecified atom stereocenters. The number of ether oxygens (including phenoxy) is 2. The van der Waals surface area contributed by atoms with Crippen molar-refractivity contribution in [1.29, 1.82) is 0 Å². The number of fused-ring (bicyclic) bond motifs is 3. The standard InChI is InChI=1S/C20H20O8/c1-20(26,8-21)16-5-11-15(28-16)6-14(24)17-18(25)12(7-27-19(11)17)10-3-2-9(22)4-13(10)23/h2-4,6,12,16,21-24,26H,5,7-8H2,1H3/t12-,16+,20-/m1/s1. The summed E-state index contributed by atoms with van der Waals surface area (Å²) in [7, 11) is 0. The molecule has 8 heteroatoms. The number of carbonyl (C=O) groups is 1. The third kappa shape index (κ3) is 2.73. The average Bonchev–Trinajstić information content (AvgIpc) is 3.07. The zero-order chi connectivity index (χ0) is 20.2. The van der Waals surface area contributed by atoms with Crippen molar-refractivity contribution in [2.75, 3.05) is 13.2 Å². The van der Waals surface area contributed by atoms with Gasteiger partial charge in [0, 0.05) is 29.7 Å². The van der Waals surface area contributed by atoms with Crippen molar-refractivity contribution in [2.24, 2.45) is 0 Å². The van der Waals surface area contributed by atoms with Gasteiger partial charge in [-0.1, -0.05) is 6.07 Å². The van der Waals surface area contributed by atoms with Gasteiger partial charge in [-0.25, -0.2) is 0 Å². The number of aliphatic hydroxyl groups is 2. The highest BCUT2D eigenvalue weighted by molar-refractivity contribution is 6.07. The molecule has 8 nitrogen and oxygen atoms in total. The fraction of sp³-hybridized carbons (Fsp3) is 0.350. The summed E-state index contributed by atoms with van der Waals surface area (Å²) in [6.07, 6.45) is -0.551. The molecule has 3 atom stereocenters. The Hall–Kier alpha value is -2.97. The number of benzene rings is 2. The normalized spacial score (nSPS) is 22.6. The lowest BCUT2D eigenvalue weighted by Crippen LogP contribution is -2.45. The molecule has 2 aliphatic heterocycles. The van der Waals surface area contributed by atoms with E-state index in [0.717, 1.165) is 6.07 Å². The quantitative estimate of drug-likeness (QED) is 0.529. The number of carbonyl (C=O) groups excluding carboxylic acids is 1. The number of Topliss-reactive ketones (excluding diaryl/α,β-unsaturated/α-hetero) is 1. The Morgan fingerprint density at radius 3 is 2.61 bits per heavy atom. The minimum Gasteiger partial charge on any atom is -0.508 e. The first kappa shape index (κ1) is 18.4. The molecule has 0 radical (unpaired) electrons. The zero-order valence-corrected chi connectivity index (χ0v) is 15.0. The topological polar surface area (TPSA) is 137 Å². The lowest BCUT2D eigenvalue weighted by molar-refractivity contribution is -0.0730. The van der Waals surface area contributed by atoms with Crippen LogP contribution in [0.25, 0.3) is 0 Å². The molecule has 2 aromatic rings. The molecule has 0 spiro atoms. The summed E-state index contributed by atoms with van der Waals surface area (Å²) < 4.78 is 11.4. The molecule has 148 valence electrons. The van der Waals surface area contributed by atoms with Gasteiger partial charge < -0.3 is 35.0 Å². The maximum absolute atomic E-state index is 13.1. The van der Waals surface area contributed by atoms with E-state index in [0.29, 0.717) is 5.56 Å². The Bertz CT molecular complexity index is 965. The van der Waals surface area contributed by atoms with Crippen LogP contribution in [-0.4, -0.2) is 56.2 Å².